The fourth-order valence-electron chi connectivity index (χ4n) is 5.06. The minimum absolute atomic E-state index is 0.138. The maximum absolute atomic E-state index is 13.8. The van der Waals surface area contributed by atoms with Crippen molar-refractivity contribution < 1.29 is 23.2 Å². The fourth-order valence-corrected chi connectivity index (χ4v) is 5.06. The fraction of sp³-hybridized carbons (Fsp3) is 0.300. The molecule has 0 radical (unpaired) electrons. The van der Waals surface area contributed by atoms with E-state index in [1.165, 1.54) is 6.92 Å². The van der Waals surface area contributed by atoms with E-state index >= 15 is 0 Å². The van der Waals surface area contributed by atoms with E-state index < -0.39 is 35.5 Å². The molecule has 4 atom stereocenters. The Morgan fingerprint density at radius 3 is 2.11 bits per heavy atom. The number of amides is 3. The molecule has 1 saturated heterocycles. The molecule has 1 aliphatic rings. The number of likely N-dealkylation sites (N-methyl/N-ethyl adjacent to an activating group) is 1. The Morgan fingerprint density at radius 2 is 1.50 bits per heavy atom. The van der Waals surface area contributed by atoms with Crippen molar-refractivity contribution >= 4 is 17.7 Å². The zero-order valence-electron chi connectivity index (χ0n) is 21.4. The molecule has 0 saturated carbocycles. The Labute approximate surface area is 221 Å². The SMILES string of the molecule is C[C@H](NC(=O)Cc1cc(F)cc(F)c1)C(=O)N[C@@H]1C(=O)N(C)[C@@H](c2ccccc2)CC[C@@H]1c1ccccc1. The molecule has 2 N–H and O–H groups in total. The molecule has 1 heterocycles. The average molecular weight is 520 g/mol. The number of likely N-dealkylation sites (tertiary alicyclic amines) is 1. The lowest BCUT2D eigenvalue weighted by Crippen LogP contribution is -2.54. The van der Waals surface area contributed by atoms with Gasteiger partial charge in [-0.3, -0.25) is 14.4 Å². The lowest BCUT2D eigenvalue weighted by Gasteiger charge is -2.30. The molecule has 4 rings (SSSR count). The third-order valence-corrected chi connectivity index (χ3v) is 7.00. The molecule has 3 aromatic carbocycles. The molecule has 198 valence electrons. The summed E-state index contributed by atoms with van der Waals surface area (Å²) in [5.41, 5.74) is 2.12. The van der Waals surface area contributed by atoms with Crippen LogP contribution in [0.15, 0.2) is 78.9 Å². The molecule has 8 heteroatoms. The van der Waals surface area contributed by atoms with E-state index in [-0.39, 0.29) is 29.9 Å². The number of carbonyl (C=O) groups is 3. The zero-order chi connectivity index (χ0) is 27.2. The van der Waals surface area contributed by atoms with Gasteiger partial charge in [-0.1, -0.05) is 60.7 Å². The number of nitrogens with one attached hydrogen (secondary N) is 2. The monoisotopic (exact) mass is 519 g/mol. The van der Waals surface area contributed by atoms with Crippen molar-refractivity contribution in [3.8, 4) is 0 Å². The molecule has 0 bridgehead atoms. The van der Waals surface area contributed by atoms with Crippen LogP contribution in [0.25, 0.3) is 0 Å². The van der Waals surface area contributed by atoms with Gasteiger partial charge in [0.1, 0.15) is 23.7 Å². The molecule has 0 aromatic heterocycles. The topological polar surface area (TPSA) is 78.5 Å². The van der Waals surface area contributed by atoms with Gasteiger partial charge in [-0.25, -0.2) is 8.78 Å². The highest BCUT2D eigenvalue weighted by molar-refractivity contribution is 5.93. The van der Waals surface area contributed by atoms with Gasteiger partial charge in [-0.15, -0.1) is 0 Å². The van der Waals surface area contributed by atoms with Crippen LogP contribution in [0.5, 0.6) is 0 Å². The van der Waals surface area contributed by atoms with Crippen LogP contribution in [-0.2, 0) is 20.8 Å². The number of hydrogen-bond acceptors (Lipinski definition) is 3. The molecule has 1 aliphatic heterocycles. The van der Waals surface area contributed by atoms with Gasteiger partial charge in [0.25, 0.3) is 0 Å². The van der Waals surface area contributed by atoms with Gasteiger partial charge in [0.15, 0.2) is 0 Å². The Morgan fingerprint density at radius 1 is 0.921 bits per heavy atom. The van der Waals surface area contributed by atoms with Crippen LogP contribution in [0.2, 0.25) is 0 Å². The number of rotatable bonds is 7. The van der Waals surface area contributed by atoms with E-state index in [9.17, 15) is 23.2 Å². The highest BCUT2D eigenvalue weighted by atomic mass is 19.1. The van der Waals surface area contributed by atoms with E-state index in [2.05, 4.69) is 10.6 Å². The average Bonchev–Trinajstić information content (AvgIpc) is 3.01. The van der Waals surface area contributed by atoms with Crippen LogP contribution in [-0.4, -0.2) is 41.8 Å². The second-order valence-electron chi connectivity index (χ2n) is 9.70. The van der Waals surface area contributed by atoms with Gasteiger partial charge in [0.2, 0.25) is 17.7 Å². The molecule has 3 aromatic rings. The Bertz CT molecular complexity index is 1270. The molecule has 6 nitrogen and oxygen atoms in total. The Hall–Kier alpha value is -4.07. The van der Waals surface area contributed by atoms with E-state index in [0.29, 0.717) is 12.8 Å². The first-order valence-corrected chi connectivity index (χ1v) is 12.6. The minimum atomic E-state index is -0.969. The summed E-state index contributed by atoms with van der Waals surface area (Å²) in [4.78, 5) is 41.1. The highest BCUT2D eigenvalue weighted by Gasteiger charge is 2.39. The summed E-state index contributed by atoms with van der Waals surface area (Å²) in [6.07, 6.45) is 1.09. The molecule has 0 unspecified atom stereocenters. The van der Waals surface area contributed by atoms with Crippen LogP contribution in [0.4, 0.5) is 8.78 Å². The van der Waals surface area contributed by atoms with Crippen molar-refractivity contribution in [3.63, 3.8) is 0 Å². The molecular formula is C30H31F2N3O3. The van der Waals surface area contributed by atoms with Crippen LogP contribution < -0.4 is 10.6 Å². The number of carbonyl (C=O) groups excluding carboxylic acids is 3. The van der Waals surface area contributed by atoms with Crippen molar-refractivity contribution in [1.82, 2.24) is 15.5 Å². The largest absolute Gasteiger partial charge is 0.344 e. The second kappa shape index (κ2) is 12.0. The summed E-state index contributed by atoms with van der Waals surface area (Å²) in [6, 6.07) is 20.3. The number of benzene rings is 3. The van der Waals surface area contributed by atoms with Crippen LogP contribution >= 0.6 is 0 Å². The van der Waals surface area contributed by atoms with Gasteiger partial charge in [-0.2, -0.15) is 0 Å². The quantitative estimate of drug-likeness (QED) is 0.489. The van der Waals surface area contributed by atoms with Crippen molar-refractivity contribution in [3.05, 3.63) is 107 Å². The third-order valence-electron chi connectivity index (χ3n) is 7.00. The molecule has 38 heavy (non-hydrogen) atoms. The zero-order valence-corrected chi connectivity index (χ0v) is 21.4. The van der Waals surface area contributed by atoms with Gasteiger partial charge in [-0.05, 0) is 48.6 Å². The maximum atomic E-state index is 13.8. The summed E-state index contributed by atoms with van der Waals surface area (Å²) in [5.74, 6) is -3.12. The summed E-state index contributed by atoms with van der Waals surface area (Å²) in [5, 5.41) is 5.45. The van der Waals surface area contributed by atoms with Crippen molar-refractivity contribution in [2.24, 2.45) is 0 Å². The lowest BCUT2D eigenvalue weighted by atomic mass is 9.86. The molecular weight excluding hydrogens is 488 g/mol. The van der Waals surface area contributed by atoms with Gasteiger partial charge >= 0.3 is 0 Å². The van der Waals surface area contributed by atoms with E-state index in [0.717, 1.165) is 29.3 Å². The molecule has 3 amide bonds. The summed E-state index contributed by atoms with van der Waals surface area (Å²) in [7, 11) is 1.75. The highest BCUT2D eigenvalue weighted by Crippen LogP contribution is 2.36. The number of halogens is 2. The summed E-state index contributed by atoms with van der Waals surface area (Å²) < 4.78 is 26.9. The first-order chi connectivity index (χ1) is 18.2. The van der Waals surface area contributed by atoms with Crippen LogP contribution in [0, 0.1) is 11.6 Å². The van der Waals surface area contributed by atoms with Gasteiger partial charge < -0.3 is 15.5 Å². The first-order valence-electron chi connectivity index (χ1n) is 12.6. The maximum Gasteiger partial charge on any atom is 0.246 e. The van der Waals surface area contributed by atoms with Crippen LogP contribution in [0.1, 0.15) is 48.4 Å². The van der Waals surface area contributed by atoms with Crippen molar-refractivity contribution in [1.29, 1.82) is 0 Å². The van der Waals surface area contributed by atoms with Crippen LogP contribution in [0.3, 0.4) is 0 Å². The van der Waals surface area contributed by atoms with E-state index in [1.54, 1.807) is 11.9 Å². The third kappa shape index (κ3) is 6.43. The van der Waals surface area contributed by atoms with Crippen molar-refractivity contribution in [2.75, 3.05) is 7.05 Å². The second-order valence-corrected chi connectivity index (χ2v) is 9.70. The first kappa shape index (κ1) is 27.0. The smallest absolute Gasteiger partial charge is 0.246 e. The van der Waals surface area contributed by atoms with E-state index in [1.807, 2.05) is 60.7 Å². The van der Waals surface area contributed by atoms with Crippen molar-refractivity contribution in [2.45, 2.75) is 50.2 Å². The number of nitrogens with zero attached hydrogens (tertiary/aromatic N) is 1. The minimum Gasteiger partial charge on any atom is -0.344 e. The Kier molecular flexibility index (Phi) is 8.51. The molecule has 0 aliphatic carbocycles. The summed E-state index contributed by atoms with van der Waals surface area (Å²) >= 11 is 0. The summed E-state index contributed by atoms with van der Waals surface area (Å²) in [6.45, 7) is 1.51. The van der Waals surface area contributed by atoms with Gasteiger partial charge in [0.05, 0.1) is 12.5 Å². The predicted octanol–water partition coefficient (Wildman–Crippen LogP) is 4.27. The normalized spacial score (nSPS) is 20.4. The van der Waals surface area contributed by atoms with E-state index in [4.69, 9.17) is 0 Å². The number of hydrogen-bond donors (Lipinski definition) is 2. The predicted molar refractivity (Wildman–Crippen MR) is 140 cm³/mol. The van der Waals surface area contributed by atoms with Gasteiger partial charge in [0, 0.05) is 19.0 Å². The standard InChI is InChI=1S/C30H31F2N3O3/c1-19(33-27(36)17-20-15-23(31)18-24(32)16-20)29(37)34-28-25(21-9-5-3-6-10-21)13-14-26(35(2)30(28)38)22-11-7-4-8-12-22/h3-12,15-16,18-19,25-26,28H,13-14,17H2,1-2H3,(H,33,36)(H,34,37)/t19-,25+,26+,28-/m0/s1. The molecule has 0 spiro atoms. The molecule has 1 fully saturated rings. The lowest BCUT2D eigenvalue weighted by molar-refractivity contribution is -0.137. The Balaban J connectivity index is 1.51.